The van der Waals surface area contributed by atoms with Crippen LogP contribution in [0.15, 0.2) is 28.7 Å². The molecule has 14 heavy (non-hydrogen) atoms. The Balaban J connectivity index is 2.38. The number of hydrogen-bond acceptors (Lipinski definition) is 3. The van der Waals surface area contributed by atoms with Gasteiger partial charge in [-0.2, -0.15) is 0 Å². The average molecular weight is 206 g/mol. The average Bonchev–Trinajstić information content (AvgIpc) is 2.70. The Labute approximate surface area is 86.2 Å². The SMILES string of the molecule is CC(=O)c1ccc(-c2ccc(C)o2)s1. The van der Waals surface area contributed by atoms with Gasteiger partial charge in [0, 0.05) is 0 Å². The maximum absolute atomic E-state index is 11.1. The number of carbonyl (C=O) groups is 1. The molecule has 0 radical (unpaired) electrons. The van der Waals surface area contributed by atoms with Crippen LogP contribution in [0, 0.1) is 6.92 Å². The molecule has 0 spiro atoms. The van der Waals surface area contributed by atoms with E-state index >= 15 is 0 Å². The molecule has 0 N–H and O–H groups in total. The first-order chi connectivity index (χ1) is 6.66. The normalized spacial score (nSPS) is 10.4. The highest BCUT2D eigenvalue weighted by atomic mass is 32.1. The highest BCUT2D eigenvalue weighted by Crippen LogP contribution is 2.29. The summed E-state index contributed by atoms with van der Waals surface area (Å²) in [6.45, 7) is 3.48. The molecule has 0 aliphatic heterocycles. The van der Waals surface area contributed by atoms with Crippen molar-refractivity contribution in [2.75, 3.05) is 0 Å². The van der Waals surface area contributed by atoms with Gasteiger partial charge in [0.05, 0.1) is 9.75 Å². The summed E-state index contributed by atoms with van der Waals surface area (Å²) in [5.41, 5.74) is 0. The lowest BCUT2D eigenvalue weighted by molar-refractivity contribution is 0.102. The van der Waals surface area contributed by atoms with E-state index in [2.05, 4.69) is 0 Å². The molecule has 0 aliphatic rings. The summed E-state index contributed by atoms with van der Waals surface area (Å²) >= 11 is 1.46. The number of rotatable bonds is 2. The molecule has 0 saturated carbocycles. The topological polar surface area (TPSA) is 30.2 Å². The lowest BCUT2D eigenvalue weighted by atomic mass is 10.3. The summed E-state index contributed by atoms with van der Waals surface area (Å²) < 4.78 is 5.46. The van der Waals surface area contributed by atoms with Crippen molar-refractivity contribution in [3.63, 3.8) is 0 Å². The lowest BCUT2D eigenvalue weighted by Gasteiger charge is -1.88. The number of aryl methyl sites for hydroxylation is 1. The van der Waals surface area contributed by atoms with Gasteiger partial charge in [-0.25, -0.2) is 0 Å². The molecule has 0 aromatic carbocycles. The van der Waals surface area contributed by atoms with E-state index in [9.17, 15) is 4.79 Å². The number of furan rings is 1. The van der Waals surface area contributed by atoms with Crippen molar-refractivity contribution in [3.05, 3.63) is 34.9 Å². The number of hydrogen-bond donors (Lipinski definition) is 0. The maximum atomic E-state index is 11.1. The molecule has 2 aromatic heterocycles. The van der Waals surface area contributed by atoms with Crippen molar-refractivity contribution in [1.82, 2.24) is 0 Å². The molecule has 72 valence electrons. The van der Waals surface area contributed by atoms with Crippen molar-refractivity contribution in [3.8, 4) is 10.6 Å². The minimum Gasteiger partial charge on any atom is -0.461 e. The highest BCUT2D eigenvalue weighted by Gasteiger charge is 2.08. The highest BCUT2D eigenvalue weighted by molar-refractivity contribution is 7.17. The van der Waals surface area contributed by atoms with Gasteiger partial charge in [-0.3, -0.25) is 4.79 Å². The fourth-order valence-corrected chi connectivity index (χ4v) is 2.09. The number of thiophene rings is 1. The molecule has 2 rings (SSSR count). The monoisotopic (exact) mass is 206 g/mol. The van der Waals surface area contributed by atoms with Gasteiger partial charge in [-0.1, -0.05) is 0 Å². The van der Waals surface area contributed by atoms with Gasteiger partial charge in [0.1, 0.15) is 11.5 Å². The van der Waals surface area contributed by atoms with Crippen LogP contribution in [0.1, 0.15) is 22.4 Å². The molecule has 3 heteroatoms. The molecule has 0 unspecified atom stereocenters. The van der Waals surface area contributed by atoms with Crippen LogP contribution in [0.3, 0.4) is 0 Å². The Morgan fingerprint density at radius 1 is 1.29 bits per heavy atom. The fraction of sp³-hybridized carbons (Fsp3) is 0.182. The van der Waals surface area contributed by atoms with Crippen LogP contribution in [0.5, 0.6) is 0 Å². The second kappa shape index (κ2) is 3.42. The molecule has 2 nitrogen and oxygen atoms in total. The molecule has 2 aromatic rings. The Hall–Kier alpha value is -1.35. The molecular weight excluding hydrogens is 196 g/mol. The quantitative estimate of drug-likeness (QED) is 0.704. The van der Waals surface area contributed by atoms with E-state index in [-0.39, 0.29) is 5.78 Å². The Kier molecular flexibility index (Phi) is 2.25. The van der Waals surface area contributed by atoms with Crippen molar-refractivity contribution < 1.29 is 9.21 Å². The van der Waals surface area contributed by atoms with E-state index in [1.807, 2.05) is 31.2 Å². The first kappa shape index (κ1) is 9.21. The second-order valence-electron chi connectivity index (χ2n) is 3.13. The van der Waals surface area contributed by atoms with Gasteiger partial charge < -0.3 is 4.42 Å². The zero-order chi connectivity index (χ0) is 10.1. The summed E-state index contributed by atoms with van der Waals surface area (Å²) in [6, 6.07) is 7.59. The third kappa shape index (κ3) is 1.63. The summed E-state index contributed by atoms with van der Waals surface area (Å²) in [5, 5.41) is 0. The molecule has 0 atom stereocenters. The largest absolute Gasteiger partial charge is 0.461 e. The van der Waals surface area contributed by atoms with E-state index in [0.29, 0.717) is 0 Å². The lowest BCUT2D eigenvalue weighted by Crippen LogP contribution is -1.83. The number of ketones is 1. The van der Waals surface area contributed by atoms with Gasteiger partial charge in [0.25, 0.3) is 0 Å². The van der Waals surface area contributed by atoms with Crippen molar-refractivity contribution >= 4 is 17.1 Å². The Morgan fingerprint density at radius 2 is 2.07 bits per heavy atom. The summed E-state index contributed by atoms with van der Waals surface area (Å²) in [5.74, 6) is 1.82. The Bertz CT molecular complexity index is 465. The first-order valence-electron chi connectivity index (χ1n) is 4.34. The predicted molar refractivity (Wildman–Crippen MR) is 56.8 cm³/mol. The van der Waals surface area contributed by atoms with E-state index in [1.165, 1.54) is 11.3 Å². The van der Waals surface area contributed by atoms with Crippen LogP contribution in [-0.4, -0.2) is 5.78 Å². The van der Waals surface area contributed by atoms with Crippen LogP contribution in [-0.2, 0) is 0 Å². The molecular formula is C11H10O2S. The number of carbonyl (C=O) groups excluding carboxylic acids is 1. The van der Waals surface area contributed by atoms with Gasteiger partial charge in [-0.05, 0) is 38.1 Å². The van der Waals surface area contributed by atoms with Crippen LogP contribution >= 0.6 is 11.3 Å². The third-order valence-electron chi connectivity index (χ3n) is 1.94. The summed E-state index contributed by atoms with van der Waals surface area (Å²) in [7, 11) is 0. The van der Waals surface area contributed by atoms with Gasteiger partial charge in [-0.15, -0.1) is 11.3 Å². The fourth-order valence-electron chi connectivity index (χ4n) is 1.23. The molecule has 0 fully saturated rings. The van der Waals surface area contributed by atoms with E-state index in [0.717, 1.165) is 21.3 Å². The van der Waals surface area contributed by atoms with Gasteiger partial charge in [0.15, 0.2) is 5.78 Å². The van der Waals surface area contributed by atoms with Crippen LogP contribution in [0.2, 0.25) is 0 Å². The van der Waals surface area contributed by atoms with Crippen LogP contribution < -0.4 is 0 Å². The smallest absolute Gasteiger partial charge is 0.169 e. The molecule has 0 saturated heterocycles. The van der Waals surface area contributed by atoms with E-state index < -0.39 is 0 Å². The zero-order valence-corrected chi connectivity index (χ0v) is 8.85. The Morgan fingerprint density at radius 3 is 2.57 bits per heavy atom. The van der Waals surface area contributed by atoms with Crippen LogP contribution in [0.4, 0.5) is 0 Å². The van der Waals surface area contributed by atoms with Crippen molar-refractivity contribution in [1.29, 1.82) is 0 Å². The standard InChI is InChI=1S/C11H10O2S/c1-7-3-4-9(13-7)11-6-5-10(14-11)8(2)12/h3-6H,1-2H3. The summed E-state index contributed by atoms with van der Waals surface area (Å²) in [4.78, 5) is 12.9. The van der Waals surface area contributed by atoms with Crippen molar-refractivity contribution in [2.45, 2.75) is 13.8 Å². The molecule has 2 heterocycles. The molecule has 0 amide bonds. The summed E-state index contributed by atoms with van der Waals surface area (Å²) in [6.07, 6.45) is 0. The molecule has 0 aliphatic carbocycles. The van der Waals surface area contributed by atoms with Crippen LogP contribution in [0.25, 0.3) is 10.6 Å². The first-order valence-corrected chi connectivity index (χ1v) is 5.16. The zero-order valence-electron chi connectivity index (χ0n) is 8.03. The van der Waals surface area contributed by atoms with Crippen molar-refractivity contribution in [2.24, 2.45) is 0 Å². The minimum absolute atomic E-state index is 0.101. The predicted octanol–water partition coefficient (Wildman–Crippen LogP) is 3.52. The van der Waals surface area contributed by atoms with Gasteiger partial charge >= 0.3 is 0 Å². The van der Waals surface area contributed by atoms with E-state index in [4.69, 9.17) is 4.42 Å². The maximum Gasteiger partial charge on any atom is 0.169 e. The third-order valence-corrected chi connectivity index (χ3v) is 3.14. The van der Waals surface area contributed by atoms with Gasteiger partial charge in [0.2, 0.25) is 0 Å². The number of Topliss-reactive ketones (excluding diaryl/α,β-unsaturated/α-hetero) is 1. The molecule has 0 bridgehead atoms. The second-order valence-corrected chi connectivity index (χ2v) is 4.21. The minimum atomic E-state index is 0.101. The van der Waals surface area contributed by atoms with E-state index in [1.54, 1.807) is 6.92 Å².